The number of carbonyl (C=O) groups is 1. The molecule has 1 aliphatic heterocycles. The monoisotopic (exact) mass is 487 g/mol. The van der Waals surface area contributed by atoms with Gasteiger partial charge in [0.2, 0.25) is 11.7 Å². The van der Waals surface area contributed by atoms with Gasteiger partial charge in [-0.05, 0) is 29.7 Å². The number of nitrogens with zero attached hydrogens (tertiary/aromatic N) is 5. The Morgan fingerprint density at radius 1 is 0.857 bits per heavy atom. The summed E-state index contributed by atoms with van der Waals surface area (Å²) in [5.41, 5.74) is 2.50. The lowest BCUT2D eigenvalue weighted by Gasteiger charge is -2.34. The van der Waals surface area contributed by atoms with Crippen molar-refractivity contribution in [2.75, 3.05) is 38.5 Å². The molecule has 1 fully saturated rings. The van der Waals surface area contributed by atoms with Crippen LogP contribution in [0, 0.1) is 0 Å². The van der Waals surface area contributed by atoms with E-state index in [1.807, 2.05) is 45.9 Å². The lowest BCUT2D eigenvalue weighted by Crippen LogP contribution is -2.49. The van der Waals surface area contributed by atoms with E-state index in [4.69, 9.17) is 4.42 Å². The largest absolute Gasteiger partial charge is 0.461 e. The van der Waals surface area contributed by atoms with Crippen molar-refractivity contribution in [3.63, 3.8) is 0 Å². The number of hydrogen-bond acceptors (Lipinski definition) is 6. The molecule has 8 heteroatoms. The molecule has 0 atom stereocenters. The van der Waals surface area contributed by atoms with E-state index < -0.39 is 0 Å². The van der Waals surface area contributed by atoms with Crippen molar-refractivity contribution in [2.24, 2.45) is 0 Å². The number of rotatable bonds is 9. The van der Waals surface area contributed by atoms with Gasteiger partial charge in [0.1, 0.15) is 0 Å². The van der Waals surface area contributed by atoms with Gasteiger partial charge in [0.15, 0.2) is 10.9 Å². The zero-order chi connectivity index (χ0) is 23.9. The van der Waals surface area contributed by atoms with E-state index >= 15 is 0 Å². The lowest BCUT2D eigenvalue weighted by atomic mass is 10.1. The average Bonchev–Trinajstić information content (AvgIpc) is 3.58. The van der Waals surface area contributed by atoms with Gasteiger partial charge in [0.05, 0.1) is 18.6 Å². The van der Waals surface area contributed by atoms with Gasteiger partial charge < -0.3 is 9.32 Å². The first-order chi connectivity index (χ1) is 17.3. The molecule has 0 radical (unpaired) electrons. The van der Waals surface area contributed by atoms with E-state index in [0.29, 0.717) is 23.9 Å². The minimum atomic E-state index is 0.145. The molecule has 3 heterocycles. The number of amides is 1. The van der Waals surface area contributed by atoms with Crippen molar-refractivity contribution in [2.45, 2.75) is 18.1 Å². The molecule has 0 spiro atoms. The highest BCUT2D eigenvalue weighted by molar-refractivity contribution is 7.99. The minimum absolute atomic E-state index is 0.145. The van der Waals surface area contributed by atoms with Crippen molar-refractivity contribution >= 4 is 17.7 Å². The molecule has 1 aliphatic rings. The molecule has 35 heavy (non-hydrogen) atoms. The Bertz CT molecular complexity index is 1200. The van der Waals surface area contributed by atoms with E-state index in [2.05, 4.69) is 51.5 Å². The first kappa shape index (κ1) is 23.4. The van der Waals surface area contributed by atoms with Crippen LogP contribution in [0.25, 0.3) is 11.6 Å². The average molecular weight is 488 g/mol. The summed E-state index contributed by atoms with van der Waals surface area (Å²) >= 11 is 1.44. The molecule has 0 aliphatic carbocycles. The molecule has 2 aromatic carbocycles. The molecule has 4 aromatic rings. The van der Waals surface area contributed by atoms with Gasteiger partial charge in [-0.3, -0.25) is 14.3 Å². The van der Waals surface area contributed by atoms with Crippen LogP contribution in [0.2, 0.25) is 0 Å². The van der Waals surface area contributed by atoms with E-state index in [1.54, 1.807) is 6.26 Å². The molecular weight excluding hydrogens is 458 g/mol. The van der Waals surface area contributed by atoms with Crippen molar-refractivity contribution in [3.05, 3.63) is 90.2 Å². The van der Waals surface area contributed by atoms with Crippen LogP contribution in [0.3, 0.4) is 0 Å². The summed E-state index contributed by atoms with van der Waals surface area (Å²) in [5.74, 6) is 1.82. The van der Waals surface area contributed by atoms with Crippen LogP contribution < -0.4 is 0 Å². The third-order valence-electron chi connectivity index (χ3n) is 6.25. The second kappa shape index (κ2) is 11.4. The molecule has 0 N–H and O–H groups in total. The lowest BCUT2D eigenvalue weighted by molar-refractivity contribution is -0.130. The van der Waals surface area contributed by atoms with E-state index in [0.717, 1.165) is 49.9 Å². The van der Waals surface area contributed by atoms with Crippen molar-refractivity contribution in [3.8, 4) is 11.6 Å². The van der Waals surface area contributed by atoms with Gasteiger partial charge in [-0.15, -0.1) is 10.2 Å². The summed E-state index contributed by atoms with van der Waals surface area (Å²) in [5, 5.41) is 9.47. The Kier molecular flexibility index (Phi) is 7.60. The fourth-order valence-electron chi connectivity index (χ4n) is 4.26. The van der Waals surface area contributed by atoms with Gasteiger partial charge >= 0.3 is 0 Å². The number of furan rings is 1. The zero-order valence-corrected chi connectivity index (χ0v) is 20.4. The summed E-state index contributed by atoms with van der Waals surface area (Å²) in [7, 11) is 0. The summed E-state index contributed by atoms with van der Waals surface area (Å²) in [6.45, 7) is 5.00. The third kappa shape index (κ3) is 6.01. The predicted molar refractivity (Wildman–Crippen MR) is 137 cm³/mol. The van der Waals surface area contributed by atoms with Gasteiger partial charge in [-0.1, -0.05) is 72.4 Å². The molecule has 1 saturated heterocycles. The summed E-state index contributed by atoms with van der Waals surface area (Å²) in [6, 6.07) is 24.5. The Morgan fingerprint density at radius 3 is 2.26 bits per heavy atom. The molecule has 7 nitrogen and oxygen atoms in total. The van der Waals surface area contributed by atoms with Gasteiger partial charge in [0.25, 0.3) is 0 Å². The highest BCUT2D eigenvalue weighted by Gasteiger charge is 2.23. The van der Waals surface area contributed by atoms with Crippen LogP contribution in [-0.2, 0) is 17.8 Å². The van der Waals surface area contributed by atoms with Gasteiger partial charge in [-0.25, -0.2) is 0 Å². The minimum Gasteiger partial charge on any atom is -0.461 e. The van der Waals surface area contributed by atoms with E-state index in [1.165, 1.54) is 17.3 Å². The van der Waals surface area contributed by atoms with Crippen LogP contribution in [0.15, 0.2) is 88.6 Å². The Labute approximate surface area is 209 Å². The van der Waals surface area contributed by atoms with Crippen LogP contribution in [-0.4, -0.2) is 68.9 Å². The number of hydrogen-bond donors (Lipinski definition) is 0. The number of carbonyl (C=O) groups excluding carboxylic acids is 1. The summed E-state index contributed by atoms with van der Waals surface area (Å²) in [6.07, 6.45) is 2.67. The number of aromatic nitrogens is 3. The Hall–Kier alpha value is -3.36. The van der Waals surface area contributed by atoms with Crippen molar-refractivity contribution in [1.29, 1.82) is 0 Å². The fourth-order valence-corrected chi connectivity index (χ4v) is 5.10. The number of thioether (sulfide) groups is 1. The van der Waals surface area contributed by atoms with Crippen LogP contribution in [0.1, 0.15) is 11.1 Å². The van der Waals surface area contributed by atoms with Crippen LogP contribution in [0.5, 0.6) is 0 Å². The molecule has 0 bridgehead atoms. The maximum absolute atomic E-state index is 13.0. The highest BCUT2D eigenvalue weighted by atomic mass is 32.2. The Morgan fingerprint density at radius 2 is 1.57 bits per heavy atom. The highest BCUT2D eigenvalue weighted by Crippen LogP contribution is 2.26. The molecule has 0 saturated carbocycles. The van der Waals surface area contributed by atoms with Crippen LogP contribution in [0.4, 0.5) is 0 Å². The second-order valence-electron chi connectivity index (χ2n) is 8.60. The van der Waals surface area contributed by atoms with E-state index in [9.17, 15) is 4.79 Å². The summed E-state index contributed by atoms with van der Waals surface area (Å²) < 4.78 is 7.60. The maximum atomic E-state index is 13.0. The molecule has 180 valence electrons. The first-order valence-electron chi connectivity index (χ1n) is 11.9. The second-order valence-corrected chi connectivity index (χ2v) is 9.54. The van der Waals surface area contributed by atoms with E-state index in [-0.39, 0.29) is 5.91 Å². The standard InChI is InChI=1S/C27H29N5O2S/c33-25(31-17-15-30(16-18-31)14-13-22-8-3-1-4-9-22)21-35-27-29-28-26(24-12-7-19-34-24)32(27)20-23-10-5-2-6-11-23/h1-12,19H,13-18,20-21H2. The molecule has 2 aromatic heterocycles. The normalized spacial score (nSPS) is 14.3. The topological polar surface area (TPSA) is 67.4 Å². The summed E-state index contributed by atoms with van der Waals surface area (Å²) in [4.78, 5) is 17.4. The van der Waals surface area contributed by atoms with Crippen LogP contribution >= 0.6 is 11.8 Å². The number of piperazine rings is 1. The molecule has 1 amide bonds. The smallest absolute Gasteiger partial charge is 0.233 e. The molecule has 5 rings (SSSR count). The number of benzene rings is 2. The van der Waals surface area contributed by atoms with Gasteiger partial charge in [0, 0.05) is 32.7 Å². The SMILES string of the molecule is O=C(CSc1nnc(-c2ccco2)n1Cc1ccccc1)N1CCN(CCc2ccccc2)CC1. The first-order valence-corrected chi connectivity index (χ1v) is 12.9. The quantitative estimate of drug-likeness (QED) is 0.332. The fraction of sp³-hybridized carbons (Fsp3) is 0.296. The van der Waals surface area contributed by atoms with Crippen molar-refractivity contribution < 1.29 is 9.21 Å². The van der Waals surface area contributed by atoms with Gasteiger partial charge in [-0.2, -0.15) is 0 Å². The molecule has 0 unspecified atom stereocenters. The maximum Gasteiger partial charge on any atom is 0.233 e. The predicted octanol–water partition coefficient (Wildman–Crippen LogP) is 4.07. The Balaban J connectivity index is 1.17. The third-order valence-corrected chi connectivity index (χ3v) is 7.20. The zero-order valence-electron chi connectivity index (χ0n) is 19.6. The molecular formula is C27H29N5O2S. The van der Waals surface area contributed by atoms with Crippen molar-refractivity contribution in [1.82, 2.24) is 24.6 Å².